The van der Waals surface area contributed by atoms with Gasteiger partial charge >= 0.3 is 57.5 Å². The van der Waals surface area contributed by atoms with Crippen LogP contribution in [0.1, 0.15) is 86.2 Å². The van der Waals surface area contributed by atoms with E-state index in [1.54, 1.807) is 27.7 Å². The number of allylic oxidation sites excluding steroid dienone is 2. The summed E-state index contributed by atoms with van der Waals surface area (Å²) in [7, 11) is 4.89. The summed E-state index contributed by atoms with van der Waals surface area (Å²) < 4.78 is 27.0. The van der Waals surface area contributed by atoms with E-state index in [1.807, 2.05) is 26.7 Å². The number of thiophene rings is 1. The number of fused-ring (bicyclic) bond motifs is 1. The van der Waals surface area contributed by atoms with Gasteiger partial charge in [0.25, 0.3) is 0 Å². The molecule has 1 atom stereocenters. The number of nitrogens with zero attached hydrogens (tertiary/aromatic N) is 4. The maximum atomic E-state index is 15.6. The summed E-state index contributed by atoms with van der Waals surface area (Å²) in [5, 5.41) is 14.1. The molecule has 2 aromatic rings. The van der Waals surface area contributed by atoms with Gasteiger partial charge in [-0.1, -0.05) is 41.9 Å². The number of nitrogens with one attached hydrogen (secondary N) is 1. The van der Waals surface area contributed by atoms with Gasteiger partial charge in [-0.05, 0) is 61.2 Å². The van der Waals surface area contributed by atoms with Crippen LogP contribution in [0, 0.1) is 24.1 Å². The van der Waals surface area contributed by atoms with Crippen LogP contribution in [-0.2, 0) is 22.7 Å². The second-order valence-electron chi connectivity index (χ2n) is 11.9. The van der Waals surface area contributed by atoms with E-state index in [4.69, 9.17) is 9.47 Å². The number of carbonyl (C=O) groups excluding carboxylic acids is 1. The van der Waals surface area contributed by atoms with Crippen molar-refractivity contribution in [3.05, 3.63) is 62.6 Å². The summed E-state index contributed by atoms with van der Waals surface area (Å²) in [6, 6.07) is 5.74. The van der Waals surface area contributed by atoms with Crippen molar-refractivity contribution < 1.29 is 70.0 Å². The van der Waals surface area contributed by atoms with E-state index in [0.29, 0.717) is 25.2 Å². The van der Waals surface area contributed by atoms with Crippen LogP contribution < -0.4 is 62.0 Å². The summed E-state index contributed by atoms with van der Waals surface area (Å²) in [5.74, 6) is -0.481. The van der Waals surface area contributed by atoms with Gasteiger partial charge in [0, 0.05) is 25.3 Å². The van der Waals surface area contributed by atoms with Crippen LogP contribution in [-0.4, -0.2) is 60.9 Å². The maximum Gasteiger partial charge on any atom is 1.00 e. The minimum Gasteiger partial charge on any atom is -0.444 e. The van der Waals surface area contributed by atoms with Crippen molar-refractivity contribution in [1.82, 2.24) is 9.80 Å². The Morgan fingerprint density at radius 1 is 1.27 bits per heavy atom. The predicted molar refractivity (Wildman–Crippen MR) is 180 cm³/mol. The summed E-state index contributed by atoms with van der Waals surface area (Å²) in [6.45, 7) is 17.4. The number of rotatable bonds is 8. The monoisotopic (exact) mass is 676 g/mol. The third kappa shape index (κ3) is 9.14. The number of hydrogen-bond acceptors (Lipinski definition) is 8. The molecule has 0 bridgehead atoms. The zero-order valence-corrected chi connectivity index (χ0v) is 32.7. The second-order valence-corrected chi connectivity index (χ2v) is 13.5. The Morgan fingerprint density at radius 2 is 1.93 bits per heavy atom. The Kier molecular flexibility index (Phi) is 14.0. The molecule has 236 valence electrons. The Morgan fingerprint density at radius 3 is 2.53 bits per heavy atom. The molecule has 1 N–H and O–H groups in total. The molecule has 2 aliphatic rings. The minimum atomic E-state index is -0.740. The predicted octanol–water partition coefficient (Wildman–Crippen LogP) is 3.65. The second kappa shape index (κ2) is 16.6. The number of ether oxygens (including phenoxy) is 2. The molecule has 8 nitrogen and oxygen atoms in total. The first kappa shape index (κ1) is 38.0. The van der Waals surface area contributed by atoms with Gasteiger partial charge in [-0.2, -0.15) is 10.8 Å². The molecular formula is C33H41FKN5O3PS-. The van der Waals surface area contributed by atoms with E-state index >= 15 is 4.39 Å². The van der Waals surface area contributed by atoms with Crippen LogP contribution in [0.25, 0.3) is 11.4 Å². The van der Waals surface area contributed by atoms with Crippen LogP contribution in [0.2, 0.25) is 0 Å². The number of nitriles is 1. The van der Waals surface area contributed by atoms with E-state index in [-0.39, 0.29) is 66.8 Å². The first-order chi connectivity index (χ1) is 20.9. The molecule has 1 unspecified atom stereocenters. The van der Waals surface area contributed by atoms with E-state index in [1.165, 1.54) is 6.08 Å². The average Bonchev–Trinajstić information content (AvgIpc) is 3.59. The van der Waals surface area contributed by atoms with Gasteiger partial charge in [-0.3, -0.25) is 5.32 Å². The number of halogens is 1. The Balaban J connectivity index is 0.00000552. The molecular weight excluding hydrogens is 636 g/mol. The number of benzene rings is 1. The number of piperazine rings is 1. The zero-order chi connectivity index (χ0) is 32.2. The average molecular weight is 677 g/mol. The van der Waals surface area contributed by atoms with Gasteiger partial charge in [-0.15, -0.1) is 43.7 Å². The molecule has 3 heterocycles. The molecule has 12 heteroatoms. The molecule has 4 rings (SSSR count). The molecule has 0 radical (unpaired) electrons. The van der Waals surface area contributed by atoms with Crippen molar-refractivity contribution in [2.75, 3.05) is 38.5 Å². The quantitative estimate of drug-likeness (QED) is 0.199. The first-order valence-corrected chi connectivity index (χ1v) is 16.1. The number of anilines is 1. The van der Waals surface area contributed by atoms with Gasteiger partial charge in [-0.25, -0.2) is 9.18 Å². The van der Waals surface area contributed by atoms with E-state index < -0.39 is 17.5 Å². The largest absolute Gasteiger partial charge is 1.00 e. The van der Waals surface area contributed by atoms with Gasteiger partial charge < -0.3 is 24.3 Å². The van der Waals surface area contributed by atoms with Crippen LogP contribution >= 0.6 is 20.6 Å². The SMILES string of the molecule is C/C=C(/F)c1sc(NC(=O)OC(C)(C)C)c(C#N)c1/C(=C(\C)CC)c1c(P)[c-]c(/C=N\[CH-]N2CCN(C)CC2)c2c1COC2.[K+]. The summed E-state index contributed by atoms with van der Waals surface area (Å²) in [5.41, 5.74) is 5.18. The van der Waals surface area contributed by atoms with Crippen molar-refractivity contribution in [2.45, 2.75) is 66.8 Å². The molecule has 1 amide bonds. The molecule has 1 fully saturated rings. The van der Waals surface area contributed by atoms with Crippen LogP contribution in [0.5, 0.6) is 0 Å². The molecule has 2 aliphatic heterocycles. The normalized spacial score (nSPS) is 16.6. The fourth-order valence-electron chi connectivity index (χ4n) is 5.16. The Hall–Kier alpha value is -1.42. The van der Waals surface area contributed by atoms with E-state index in [0.717, 1.165) is 76.2 Å². The summed E-state index contributed by atoms with van der Waals surface area (Å²) in [4.78, 5) is 22.1. The molecule has 0 spiro atoms. The smallest absolute Gasteiger partial charge is 0.444 e. The third-order valence-corrected chi connectivity index (χ3v) is 9.10. The van der Waals surface area contributed by atoms with Crippen molar-refractivity contribution in [1.29, 1.82) is 5.26 Å². The van der Waals surface area contributed by atoms with Gasteiger partial charge in [0.05, 0.1) is 17.0 Å². The third-order valence-electron chi connectivity index (χ3n) is 7.56. The molecule has 0 aliphatic carbocycles. The van der Waals surface area contributed by atoms with E-state index in [9.17, 15) is 10.1 Å². The first-order valence-electron chi connectivity index (χ1n) is 14.7. The number of aliphatic imine (C=N–C) groups is 1. The van der Waals surface area contributed by atoms with Crippen LogP contribution in [0.15, 0.2) is 16.6 Å². The minimum absolute atomic E-state index is 0. The fourth-order valence-corrected chi connectivity index (χ4v) is 6.75. The molecule has 1 aromatic carbocycles. The molecule has 45 heavy (non-hydrogen) atoms. The van der Waals surface area contributed by atoms with E-state index in [2.05, 4.69) is 48.5 Å². The standard InChI is InChI=1S/C33H41FN5O3PS.K/c1-8-20(3)27(29-22(15-35)31(44-30(29)25(34)9-2)37-32(40)42-33(4,5)6)28-24-18-41-17-23(24)21(14-26(28)43)16-36-19-39-12-10-38(7)11-13-39;/h9,16,19H,8,10-13,17-18,43H2,1-7H3,(H,37,40);/q-2;+1/b25-9+,27-20+,36-16-;. The summed E-state index contributed by atoms with van der Waals surface area (Å²) in [6.07, 6.45) is 3.13. The fraction of sp³-hybridized carbons (Fsp3) is 0.455. The van der Waals surface area contributed by atoms with Crippen molar-refractivity contribution in [3.8, 4) is 6.07 Å². The van der Waals surface area contributed by atoms with Crippen molar-refractivity contribution in [3.63, 3.8) is 0 Å². The van der Waals surface area contributed by atoms with Crippen LogP contribution in [0.4, 0.5) is 14.2 Å². The Labute approximate surface area is 315 Å². The topological polar surface area (TPSA) is 90.2 Å². The molecule has 1 saturated heterocycles. The number of likely N-dealkylation sites (N-methyl/N-ethyl adjacent to an activating group) is 1. The van der Waals surface area contributed by atoms with Gasteiger partial charge in [0.15, 0.2) is 0 Å². The van der Waals surface area contributed by atoms with Crippen LogP contribution in [0.3, 0.4) is 0 Å². The van der Waals surface area contributed by atoms with Crippen molar-refractivity contribution in [2.24, 2.45) is 4.99 Å². The summed E-state index contributed by atoms with van der Waals surface area (Å²) >= 11 is 1.02. The van der Waals surface area contributed by atoms with Crippen molar-refractivity contribution >= 4 is 54.6 Å². The zero-order valence-electron chi connectivity index (χ0n) is 27.6. The molecule has 0 saturated carbocycles. The number of amides is 1. The molecule has 1 aromatic heterocycles. The van der Waals surface area contributed by atoms with Gasteiger partial charge in [0.2, 0.25) is 0 Å². The Bertz CT molecular complexity index is 1550. The van der Waals surface area contributed by atoms with Gasteiger partial charge in [0.1, 0.15) is 22.5 Å². The number of hydrogen-bond donors (Lipinski definition) is 1. The number of carbonyl (C=O) groups is 1. The maximum absolute atomic E-state index is 15.6.